The first-order chi connectivity index (χ1) is 9.51. The molecular formula is C15H20NO4-. The van der Waals surface area contributed by atoms with Crippen LogP contribution in [-0.4, -0.2) is 18.5 Å². The third-order valence-corrected chi connectivity index (χ3v) is 2.66. The summed E-state index contributed by atoms with van der Waals surface area (Å²) in [5.74, 6) is -0.828. The molecule has 0 spiro atoms. The van der Waals surface area contributed by atoms with Crippen molar-refractivity contribution in [1.29, 1.82) is 0 Å². The summed E-state index contributed by atoms with van der Waals surface area (Å²) < 4.78 is 5.44. The molecule has 0 aromatic heterocycles. The molecule has 1 N–H and O–H groups in total. The largest absolute Gasteiger partial charge is 0.550 e. The first kappa shape index (κ1) is 16.0. The average Bonchev–Trinajstić information content (AvgIpc) is 2.36. The maximum atomic E-state index is 11.7. The molecule has 1 amide bonds. The third-order valence-electron chi connectivity index (χ3n) is 2.66. The van der Waals surface area contributed by atoms with Crippen LogP contribution in [0.2, 0.25) is 0 Å². The van der Waals surface area contributed by atoms with E-state index in [2.05, 4.69) is 5.32 Å². The number of amides is 1. The Labute approximate surface area is 118 Å². The topological polar surface area (TPSA) is 78.5 Å². The summed E-state index contributed by atoms with van der Waals surface area (Å²) in [5.41, 5.74) is 0.666. The molecule has 1 aromatic carbocycles. The SMILES string of the molecule is CCCOc1ccc(NC(=O)C[C@H](C)CC(=O)[O-])cc1. The van der Waals surface area contributed by atoms with Crippen molar-refractivity contribution in [3.8, 4) is 5.75 Å². The lowest BCUT2D eigenvalue weighted by atomic mass is 10.0. The van der Waals surface area contributed by atoms with Gasteiger partial charge in [-0.25, -0.2) is 0 Å². The number of carbonyl (C=O) groups is 2. The van der Waals surface area contributed by atoms with Gasteiger partial charge in [0, 0.05) is 18.1 Å². The Bertz CT molecular complexity index is 442. The van der Waals surface area contributed by atoms with Crippen LogP contribution < -0.4 is 15.2 Å². The zero-order chi connectivity index (χ0) is 15.0. The number of nitrogens with one attached hydrogen (secondary N) is 1. The van der Waals surface area contributed by atoms with E-state index in [1.807, 2.05) is 6.92 Å². The Morgan fingerprint density at radius 1 is 1.25 bits per heavy atom. The predicted molar refractivity (Wildman–Crippen MR) is 74.3 cm³/mol. The standard InChI is InChI=1S/C15H21NO4/c1-3-8-20-13-6-4-12(5-7-13)16-14(17)9-11(2)10-15(18)19/h4-7,11H,3,8-10H2,1-2H3,(H,16,17)(H,18,19)/p-1/t11-/m0/s1. The van der Waals surface area contributed by atoms with E-state index in [4.69, 9.17) is 4.74 Å². The van der Waals surface area contributed by atoms with Crippen molar-refractivity contribution in [1.82, 2.24) is 0 Å². The highest BCUT2D eigenvalue weighted by Gasteiger charge is 2.09. The van der Waals surface area contributed by atoms with Gasteiger partial charge in [-0.1, -0.05) is 13.8 Å². The number of aliphatic carboxylic acids is 1. The molecule has 0 aliphatic carbocycles. The molecule has 1 atom stereocenters. The number of rotatable bonds is 8. The van der Waals surface area contributed by atoms with Crippen molar-refractivity contribution in [2.45, 2.75) is 33.1 Å². The summed E-state index contributed by atoms with van der Waals surface area (Å²) in [4.78, 5) is 22.1. The number of anilines is 1. The lowest BCUT2D eigenvalue weighted by molar-refractivity contribution is -0.306. The summed E-state index contributed by atoms with van der Waals surface area (Å²) in [6.45, 7) is 4.39. The monoisotopic (exact) mass is 278 g/mol. The molecular weight excluding hydrogens is 258 g/mol. The molecule has 1 rings (SSSR count). The van der Waals surface area contributed by atoms with Crippen LogP contribution in [0.3, 0.4) is 0 Å². The lowest BCUT2D eigenvalue weighted by Crippen LogP contribution is -2.26. The van der Waals surface area contributed by atoms with Gasteiger partial charge in [0.1, 0.15) is 5.75 Å². The highest BCUT2D eigenvalue weighted by atomic mass is 16.5. The van der Waals surface area contributed by atoms with Gasteiger partial charge in [0.05, 0.1) is 6.61 Å². The van der Waals surface area contributed by atoms with E-state index >= 15 is 0 Å². The van der Waals surface area contributed by atoms with E-state index in [0.717, 1.165) is 12.2 Å². The van der Waals surface area contributed by atoms with Gasteiger partial charge in [-0.2, -0.15) is 0 Å². The van der Waals surface area contributed by atoms with Gasteiger partial charge < -0.3 is 20.0 Å². The molecule has 0 radical (unpaired) electrons. The maximum Gasteiger partial charge on any atom is 0.224 e. The second-order valence-electron chi connectivity index (χ2n) is 4.81. The summed E-state index contributed by atoms with van der Waals surface area (Å²) in [5, 5.41) is 13.1. The quantitative estimate of drug-likeness (QED) is 0.783. The molecule has 110 valence electrons. The summed E-state index contributed by atoms with van der Waals surface area (Å²) in [6, 6.07) is 7.09. The Morgan fingerprint density at radius 3 is 2.45 bits per heavy atom. The fourth-order valence-electron chi connectivity index (χ4n) is 1.74. The van der Waals surface area contributed by atoms with Gasteiger partial charge >= 0.3 is 0 Å². The lowest BCUT2D eigenvalue weighted by Gasteiger charge is -2.12. The van der Waals surface area contributed by atoms with Crippen LogP contribution in [0.25, 0.3) is 0 Å². The molecule has 0 unspecified atom stereocenters. The average molecular weight is 278 g/mol. The molecule has 5 nitrogen and oxygen atoms in total. The third kappa shape index (κ3) is 6.22. The van der Waals surface area contributed by atoms with Crippen LogP contribution in [-0.2, 0) is 9.59 Å². The Hall–Kier alpha value is -2.04. The number of carboxylic acid groups (broad SMARTS) is 1. The summed E-state index contributed by atoms with van der Waals surface area (Å²) in [7, 11) is 0. The van der Waals surface area contributed by atoms with Gasteiger partial charge in [0.25, 0.3) is 0 Å². The Morgan fingerprint density at radius 2 is 1.90 bits per heavy atom. The van der Waals surface area contributed by atoms with Crippen molar-refractivity contribution < 1.29 is 19.4 Å². The second-order valence-corrected chi connectivity index (χ2v) is 4.81. The van der Waals surface area contributed by atoms with Crippen molar-refractivity contribution in [2.75, 3.05) is 11.9 Å². The van der Waals surface area contributed by atoms with Crippen LogP contribution in [0, 0.1) is 5.92 Å². The zero-order valence-electron chi connectivity index (χ0n) is 11.8. The van der Waals surface area contributed by atoms with Crippen molar-refractivity contribution in [3.05, 3.63) is 24.3 Å². The molecule has 0 bridgehead atoms. The smallest absolute Gasteiger partial charge is 0.224 e. The van der Waals surface area contributed by atoms with Crippen LogP contribution in [0.4, 0.5) is 5.69 Å². The number of hydrogen-bond donors (Lipinski definition) is 1. The fourth-order valence-corrected chi connectivity index (χ4v) is 1.74. The van der Waals surface area contributed by atoms with Crippen molar-refractivity contribution in [3.63, 3.8) is 0 Å². The Kier molecular flexibility index (Phi) is 6.56. The zero-order valence-corrected chi connectivity index (χ0v) is 11.8. The van der Waals surface area contributed by atoms with Gasteiger partial charge in [-0.3, -0.25) is 4.79 Å². The van der Waals surface area contributed by atoms with Crippen LogP contribution in [0.5, 0.6) is 5.75 Å². The fraction of sp³-hybridized carbons (Fsp3) is 0.467. The normalized spacial score (nSPS) is 11.7. The Balaban J connectivity index is 2.43. The number of benzene rings is 1. The highest BCUT2D eigenvalue weighted by Crippen LogP contribution is 2.17. The van der Waals surface area contributed by atoms with Gasteiger partial charge in [-0.05, 0) is 43.0 Å². The molecule has 5 heteroatoms. The van der Waals surface area contributed by atoms with Crippen molar-refractivity contribution in [2.24, 2.45) is 5.92 Å². The minimum absolute atomic E-state index is 0.114. The molecule has 0 saturated heterocycles. The highest BCUT2D eigenvalue weighted by molar-refractivity contribution is 5.91. The maximum absolute atomic E-state index is 11.7. The first-order valence-corrected chi connectivity index (χ1v) is 6.73. The summed E-state index contributed by atoms with van der Waals surface area (Å²) >= 11 is 0. The first-order valence-electron chi connectivity index (χ1n) is 6.73. The summed E-state index contributed by atoms with van der Waals surface area (Å²) in [6.07, 6.45) is 0.980. The van der Waals surface area contributed by atoms with Crippen LogP contribution in [0.15, 0.2) is 24.3 Å². The van der Waals surface area contributed by atoms with E-state index < -0.39 is 5.97 Å². The number of carboxylic acids is 1. The van der Waals surface area contributed by atoms with Gasteiger partial charge in [-0.15, -0.1) is 0 Å². The number of ether oxygens (including phenoxy) is 1. The van der Waals surface area contributed by atoms with E-state index in [9.17, 15) is 14.7 Å². The van der Waals surface area contributed by atoms with E-state index in [1.54, 1.807) is 31.2 Å². The molecule has 0 aliphatic heterocycles. The van der Waals surface area contributed by atoms with Gasteiger partial charge in [0.2, 0.25) is 5.91 Å². The molecule has 1 aromatic rings. The van der Waals surface area contributed by atoms with Gasteiger partial charge in [0.15, 0.2) is 0 Å². The predicted octanol–water partition coefficient (Wildman–Crippen LogP) is 1.58. The molecule has 0 fully saturated rings. The van der Waals surface area contributed by atoms with Crippen molar-refractivity contribution >= 4 is 17.6 Å². The van der Waals surface area contributed by atoms with Crippen LogP contribution in [0.1, 0.15) is 33.1 Å². The van der Waals surface area contributed by atoms with E-state index in [1.165, 1.54) is 0 Å². The second kappa shape index (κ2) is 8.19. The van der Waals surface area contributed by atoms with E-state index in [-0.39, 0.29) is 24.7 Å². The number of carbonyl (C=O) groups excluding carboxylic acids is 2. The minimum atomic E-state index is -1.14. The minimum Gasteiger partial charge on any atom is -0.550 e. The number of hydrogen-bond acceptors (Lipinski definition) is 4. The molecule has 0 heterocycles. The molecule has 0 saturated carbocycles. The molecule has 0 aliphatic rings. The van der Waals surface area contributed by atoms with Crippen LogP contribution >= 0.6 is 0 Å². The van der Waals surface area contributed by atoms with E-state index in [0.29, 0.717) is 12.3 Å². The molecule has 20 heavy (non-hydrogen) atoms.